The van der Waals surface area contributed by atoms with Gasteiger partial charge in [-0.3, -0.25) is 4.79 Å². The van der Waals surface area contributed by atoms with Crippen molar-refractivity contribution in [1.29, 1.82) is 5.26 Å². The van der Waals surface area contributed by atoms with Crippen molar-refractivity contribution in [2.24, 2.45) is 0 Å². The molecule has 0 fully saturated rings. The fourth-order valence-corrected chi connectivity index (χ4v) is 3.12. The Morgan fingerprint density at radius 2 is 1.76 bits per heavy atom. The van der Waals surface area contributed by atoms with E-state index >= 15 is 0 Å². The van der Waals surface area contributed by atoms with Crippen LogP contribution in [0.4, 0.5) is 5.69 Å². The van der Waals surface area contributed by atoms with E-state index < -0.39 is 18.5 Å². The second-order valence-corrected chi connectivity index (χ2v) is 6.73. The standard InChI is InChI=1S/C22H22N2O5/c1-15-10-16(2)12-18(11-15)24(7-3-6-23)21(25)14-29-22(26)17-4-5-19-20(13-17)28-9-8-27-19/h4-5,10-13H,3,7-9,14H2,1-2H3. The predicted molar refractivity (Wildman–Crippen MR) is 106 cm³/mol. The molecule has 0 unspecified atom stereocenters. The predicted octanol–water partition coefficient (Wildman–Crippen LogP) is 3.18. The van der Waals surface area contributed by atoms with Crippen LogP contribution in [0.3, 0.4) is 0 Å². The van der Waals surface area contributed by atoms with Crippen molar-refractivity contribution >= 4 is 17.6 Å². The minimum atomic E-state index is -0.629. The molecule has 1 aliphatic heterocycles. The van der Waals surface area contributed by atoms with E-state index in [4.69, 9.17) is 19.5 Å². The summed E-state index contributed by atoms with van der Waals surface area (Å²) in [5.41, 5.74) is 2.96. The largest absolute Gasteiger partial charge is 0.486 e. The van der Waals surface area contributed by atoms with Crippen LogP contribution < -0.4 is 14.4 Å². The Labute approximate surface area is 169 Å². The van der Waals surface area contributed by atoms with Crippen molar-refractivity contribution in [3.05, 3.63) is 53.1 Å². The molecule has 0 N–H and O–H groups in total. The molecule has 0 aromatic heterocycles. The molecule has 1 aliphatic rings. The Morgan fingerprint density at radius 1 is 1.07 bits per heavy atom. The van der Waals surface area contributed by atoms with Crippen molar-refractivity contribution in [3.63, 3.8) is 0 Å². The Hall–Kier alpha value is -3.53. The van der Waals surface area contributed by atoms with E-state index in [1.807, 2.05) is 38.1 Å². The smallest absolute Gasteiger partial charge is 0.338 e. The molecular formula is C22H22N2O5. The van der Waals surface area contributed by atoms with E-state index in [0.29, 0.717) is 30.4 Å². The zero-order chi connectivity index (χ0) is 20.8. The lowest BCUT2D eigenvalue weighted by Gasteiger charge is -2.23. The van der Waals surface area contributed by atoms with Crippen molar-refractivity contribution in [2.45, 2.75) is 20.3 Å². The molecule has 0 saturated heterocycles. The molecule has 0 spiro atoms. The van der Waals surface area contributed by atoms with Gasteiger partial charge in [-0.2, -0.15) is 5.26 Å². The first kappa shape index (κ1) is 20.2. The molecule has 2 aromatic carbocycles. The number of nitrogens with zero attached hydrogens (tertiary/aromatic N) is 2. The molecule has 7 heteroatoms. The monoisotopic (exact) mass is 394 g/mol. The number of esters is 1. The second kappa shape index (κ2) is 9.11. The first-order valence-corrected chi connectivity index (χ1v) is 9.30. The van der Waals surface area contributed by atoms with Gasteiger partial charge in [0.1, 0.15) is 13.2 Å². The van der Waals surface area contributed by atoms with E-state index in [9.17, 15) is 9.59 Å². The maximum atomic E-state index is 12.7. The highest BCUT2D eigenvalue weighted by atomic mass is 16.6. The van der Waals surface area contributed by atoms with Crippen molar-refractivity contribution in [2.75, 3.05) is 31.3 Å². The van der Waals surface area contributed by atoms with Crippen LogP contribution in [0.2, 0.25) is 0 Å². The third-order valence-corrected chi connectivity index (χ3v) is 4.37. The number of amides is 1. The number of fused-ring (bicyclic) bond motifs is 1. The lowest BCUT2D eigenvalue weighted by Crippen LogP contribution is -2.35. The topological polar surface area (TPSA) is 88.9 Å². The van der Waals surface area contributed by atoms with Crippen LogP contribution >= 0.6 is 0 Å². The van der Waals surface area contributed by atoms with Gasteiger partial charge in [0, 0.05) is 12.2 Å². The number of benzene rings is 2. The Morgan fingerprint density at radius 3 is 2.45 bits per heavy atom. The molecule has 0 saturated carbocycles. The van der Waals surface area contributed by atoms with Crippen LogP contribution in [0.5, 0.6) is 11.5 Å². The highest BCUT2D eigenvalue weighted by molar-refractivity contribution is 5.97. The summed E-state index contributed by atoms with van der Waals surface area (Å²) in [4.78, 5) is 26.6. The summed E-state index contributed by atoms with van der Waals surface area (Å²) >= 11 is 0. The van der Waals surface area contributed by atoms with Crippen LogP contribution in [-0.4, -0.2) is 38.2 Å². The Bertz CT molecular complexity index is 944. The molecule has 3 rings (SSSR count). The minimum absolute atomic E-state index is 0.175. The summed E-state index contributed by atoms with van der Waals surface area (Å²) < 4.78 is 16.1. The number of hydrogen-bond acceptors (Lipinski definition) is 6. The third-order valence-electron chi connectivity index (χ3n) is 4.37. The number of anilines is 1. The molecular weight excluding hydrogens is 372 g/mol. The van der Waals surface area contributed by atoms with E-state index in [1.54, 1.807) is 18.2 Å². The van der Waals surface area contributed by atoms with Crippen LogP contribution in [0.15, 0.2) is 36.4 Å². The van der Waals surface area contributed by atoms with Gasteiger partial charge in [0.2, 0.25) is 0 Å². The number of aryl methyl sites for hydroxylation is 2. The normalized spacial score (nSPS) is 12.0. The zero-order valence-corrected chi connectivity index (χ0v) is 16.4. The van der Waals surface area contributed by atoms with Gasteiger partial charge in [-0.15, -0.1) is 0 Å². The van der Waals surface area contributed by atoms with Gasteiger partial charge >= 0.3 is 5.97 Å². The zero-order valence-electron chi connectivity index (χ0n) is 16.4. The van der Waals surface area contributed by atoms with Crippen LogP contribution in [0.1, 0.15) is 27.9 Å². The Kier molecular flexibility index (Phi) is 6.35. The number of carbonyl (C=O) groups excluding carboxylic acids is 2. The van der Waals surface area contributed by atoms with E-state index in [0.717, 1.165) is 11.1 Å². The number of hydrogen-bond donors (Lipinski definition) is 0. The summed E-state index contributed by atoms with van der Waals surface area (Å²) in [6.07, 6.45) is 0.175. The number of rotatable bonds is 6. The average molecular weight is 394 g/mol. The molecule has 0 bridgehead atoms. The molecule has 0 aliphatic carbocycles. The fourth-order valence-electron chi connectivity index (χ4n) is 3.12. The molecule has 150 valence electrons. The van der Waals surface area contributed by atoms with Crippen molar-refractivity contribution in [1.82, 2.24) is 0 Å². The van der Waals surface area contributed by atoms with Gasteiger partial charge in [-0.25, -0.2) is 4.79 Å². The molecule has 0 radical (unpaired) electrons. The molecule has 0 atom stereocenters. The number of ether oxygens (including phenoxy) is 3. The third kappa shape index (κ3) is 5.05. The van der Waals surface area contributed by atoms with Crippen LogP contribution in [0, 0.1) is 25.2 Å². The quantitative estimate of drug-likeness (QED) is 0.699. The second-order valence-electron chi connectivity index (χ2n) is 6.73. The first-order chi connectivity index (χ1) is 14.0. The lowest BCUT2D eigenvalue weighted by molar-refractivity contribution is -0.121. The number of carbonyl (C=O) groups is 2. The maximum absolute atomic E-state index is 12.7. The SMILES string of the molecule is Cc1cc(C)cc(N(CCC#N)C(=O)COC(=O)c2ccc3c(c2)OCCO3)c1. The van der Waals surface area contributed by atoms with Crippen molar-refractivity contribution in [3.8, 4) is 17.6 Å². The Balaban J connectivity index is 1.69. The van der Waals surface area contributed by atoms with Crippen LogP contribution in [0.25, 0.3) is 0 Å². The number of nitriles is 1. The van der Waals surface area contributed by atoms with Crippen LogP contribution in [-0.2, 0) is 9.53 Å². The summed E-state index contributed by atoms with van der Waals surface area (Å²) in [5.74, 6) is 0.0244. The van der Waals surface area contributed by atoms with Gasteiger partial charge in [-0.05, 0) is 55.3 Å². The van der Waals surface area contributed by atoms with Gasteiger partial charge in [-0.1, -0.05) is 6.07 Å². The first-order valence-electron chi connectivity index (χ1n) is 9.30. The molecule has 1 amide bonds. The van der Waals surface area contributed by atoms with Gasteiger partial charge < -0.3 is 19.1 Å². The summed E-state index contributed by atoms with van der Waals surface area (Å²) in [6, 6.07) is 12.5. The lowest BCUT2D eigenvalue weighted by atomic mass is 10.1. The van der Waals surface area contributed by atoms with E-state index in [2.05, 4.69) is 0 Å². The van der Waals surface area contributed by atoms with E-state index in [-0.39, 0.29) is 18.5 Å². The maximum Gasteiger partial charge on any atom is 0.338 e. The minimum Gasteiger partial charge on any atom is -0.486 e. The summed E-state index contributed by atoms with van der Waals surface area (Å²) in [6.45, 7) is 4.54. The van der Waals surface area contributed by atoms with Gasteiger partial charge in [0.05, 0.1) is 18.1 Å². The molecule has 2 aromatic rings. The van der Waals surface area contributed by atoms with Gasteiger partial charge in [0.25, 0.3) is 5.91 Å². The van der Waals surface area contributed by atoms with E-state index in [1.165, 1.54) is 4.90 Å². The fraction of sp³-hybridized carbons (Fsp3) is 0.318. The molecule has 1 heterocycles. The molecule has 29 heavy (non-hydrogen) atoms. The van der Waals surface area contributed by atoms with Gasteiger partial charge in [0.15, 0.2) is 18.1 Å². The highest BCUT2D eigenvalue weighted by Crippen LogP contribution is 2.31. The summed E-state index contributed by atoms with van der Waals surface area (Å²) in [5, 5.41) is 8.92. The highest BCUT2D eigenvalue weighted by Gasteiger charge is 2.20. The van der Waals surface area contributed by atoms with Crippen molar-refractivity contribution < 1.29 is 23.8 Å². The summed E-state index contributed by atoms with van der Waals surface area (Å²) in [7, 11) is 0. The molecule has 7 nitrogen and oxygen atoms in total. The average Bonchev–Trinajstić information content (AvgIpc) is 2.71.